The molecule has 0 saturated carbocycles. The molecule has 1 saturated heterocycles. The lowest BCUT2D eigenvalue weighted by Gasteiger charge is -2.34. The molecule has 1 aliphatic rings. The molecule has 25 heavy (non-hydrogen) atoms. The van der Waals surface area contributed by atoms with Gasteiger partial charge in [-0.2, -0.15) is 4.31 Å². The molecule has 1 amide bonds. The van der Waals surface area contributed by atoms with Gasteiger partial charge in [0.2, 0.25) is 15.9 Å². The number of sulfonamides is 1. The van der Waals surface area contributed by atoms with Crippen molar-refractivity contribution in [2.75, 3.05) is 13.7 Å². The first kappa shape index (κ1) is 19.3. The smallest absolute Gasteiger partial charge is 0.328 e. The van der Waals surface area contributed by atoms with E-state index in [1.165, 1.54) is 26.2 Å². The Balaban J connectivity index is 2.23. The summed E-state index contributed by atoms with van der Waals surface area (Å²) in [6.45, 7) is 1.65. The highest BCUT2D eigenvalue weighted by Gasteiger charge is 2.38. The summed E-state index contributed by atoms with van der Waals surface area (Å²) in [6, 6.07) is 2.67. The molecule has 0 aromatic heterocycles. The third-order valence-corrected chi connectivity index (χ3v) is 6.01. The van der Waals surface area contributed by atoms with E-state index in [0.29, 0.717) is 19.3 Å². The first-order valence-corrected chi connectivity index (χ1v) is 9.37. The summed E-state index contributed by atoms with van der Waals surface area (Å²) in [7, 11) is -2.74. The van der Waals surface area contributed by atoms with Crippen LogP contribution in [0.1, 0.15) is 26.2 Å². The number of halogens is 1. The van der Waals surface area contributed by atoms with Crippen molar-refractivity contribution in [3.63, 3.8) is 0 Å². The average molecular weight is 372 g/mol. The molecule has 1 aromatic carbocycles. The number of piperidine rings is 1. The third kappa shape index (κ3) is 4.35. The first-order chi connectivity index (χ1) is 11.8. The number of nitrogens with zero attached hydrogens (tertiary/aromatic N) is 1. The molecule has 0 spiro atoms. The summed E-state index contributed by atoms with van der Waals surface area (Å²) in [6.07, 6.45) is 1.66. The maximum absolute atomic E-state index is 13.1. The van der Waals surface area contributed by atoms with Gasteiger partial charge in [0.15, 0.2) is 0 Å². The highest BCUT2D eigenvalue weighted by molar-refractivity contribution is 7.89. The van der Waals surface area contributed by atoms with E-state index in [4.69, 9.17) is 0 Å². The number of benzene rings is 1. The van der Waals surface area contributed by atoms with Gasteiger partial charge in [0.1, 0.15) is 17.9 Å². The Kier molecular flexibility index (Phi) is 6.12. The van der Waals surface area contributed by atoms with Crippen LogP contribution in [-0.2, 0) is 24.3 Å². The average Bonchev–Trinajstić information content (AvgIpc) is 2.61. The summed E-state index contributed by atoms with van der Waals surface area (Å²) in [5, 5.41) is 2.48. The van der Waals surface area contributed by atoms with Gasteiger partial charge in [0.05, 0.1) is 12.0 Å². The molecular weight excluding hydrogens is 351 g/mol. The highest BCUT2D eigenvalue weighted by atomic mass is 32.2. The van der Waals surface area contributed by atoms with Crippen LogP contribution in [-0.4, -0.2) is 50.3 Å². The van der Waals surface area contributed by atoms with Crippen LogP contribution in [0.5, 0.6) is 0 Å². The number of methoxy groups -OCH3 is 1. The minimum absolute atomic E-state index is 0.0744. The molecule has 2 atom stereocenters. The minimum Gasteiger partial charge on any atom is -0.467 e. The number of amides is 1. The molecule has 9 heteroatoms. The van der Waals surface area contributed by atoms with Crippen LogP contribution in [0.3, 0.4) is 0 Å². The largest absolute Gasteiger partial charge is 0.467 e. The van der Waals surface area contributed by atoms with Crippen LogP contribution in [0, 0.1) is 5.82 Å². The Morgan fingerprint density at radius 1 is 1.28 bits per heavy atom. The van der Waals surface area contributed by atoms with Crippen LogP contribution in [0.15, 0.2) is 29.2 Å². The Labute approximate surface area is 146 Å². The number of nitrogens with one attached hydrogen (secondary N) is 1. The van der Waals surface area contributed by atoms with Gasteiger partial charge in [-0.3, -0.25) is 4.79 Å². The van der Waals surface area contributed by atoms with E-state index in [1.54, 1.807) is 0 Å². The van der Waals surface area contributed by atoms with Crippen molar-refractivity contribution in [3.05, 3.63) is 30.1 Å². The van der Waals surface area contributed by atoms with Crippen molar-refractivity contribution < 1.29 is 27.1 Å². The normalized spacial score (nSPS) is 19.9. The summed E-state index contributed by atoms with van der Waals surface area (Å²) in [5.41, 5.74) is 0. The van der Waals surface area contributed by atoms with Crippen molar-refractivity contribution >= 4 is 21.9 Å². The monoisotopic (exact) mass is 372 g/mol. The summed E-state index contributed by atoms with van der Waals surface area (Å²) in [5.74, 6) is -1.71. The molecule has 1 heterocycles. The van der Waals surface area contributed by atoms with Gasteiger partial charge < -0.3 is 10.1 Å². The topological polar surface area (TPSA) is 92.8 Å². The Morgan fingerprint density at radius 2 is 1.92 bits per heavy atom. The quantitative estimate of drug-likeness (QED) is 0.780. The maximum Gasteiger partial charge on any atom is 0.328 e. The molecule has 138 valence electrons. The zero-order valence-electron chi connectivity index (χ0n) is 14.1. The highest BCUT2D eigenvalue weighted by Crippen LogP contribution is 2.25. The van der Waals surface area contributed by atoms with Crippen LogP contribution in [0.4, 0.5) is 4.39 Å². The molecule has 0 unspecified atom stereocenters. The van der Waals surface area contributed by atoms with Crippen LogP contribution < -0.4 is 5.32 Å². The molecule has 1 N–H and O–H groups in total. The van der Waals surface area contributed by atoms with E-state index in [-0.39, 0.29) is 11.4 Å². The van der Waals surface area contributed by atoms with E-state index in [9.17, 15) is 22.4 Å². The molecule has 0 bridgehead atoms. The molecule has 1 aromatic rings. The molecular formula is C16H21FN2O5S. The predicted octanol–water partition coefficient (Wildman–Crippen LogP) is 1.05. The van der Waals surface area contributed by atoms with Crippen LogP contribution in [0.2, 0.25) is 0 Å². The fourth-order valence-corrected chi connectivity index (χ4v) is 4.40. The van der Waals surface area contributed by atoms with Crippen LogP contribution >= 0.6 is 0 Å². The van der Waals surface area contributed by atoms with E-state index >= 15 is 0 Å². The molecule has 7 nitrogen and oxygen atoms in total. The molecule has 1 aliphatic heterocycles. The van der Waals surface area contributed by atoms with Gasteiger partial charge in [-0.1, -0.05) is 6.42 Å². The van der Waals surface area contributed by atoms with Gasteiger partial charge in [-0.25, -0.2) is 17.6 Å². The lowest BCUT2D eigenvalue weighted by molar-refractivity contribution is -0.145. The lowest BCUT2D eigenvalue weighted by Crippen LogP contribution is -2.54. The number of carbonyl (C=O) groups is 2. The second-order valence-corrected chi connectivity index (χ2v) is 7.73. The SMILES string of the molecule is COC(=O)[C@@H](C)NC(=O)[C@H]1CCCCN1S(=O)(=O)c1ccc(F)cc1. The molecule has 0 radical (unpaired) electrons. The summed E-state index contributed by atoms with van der Waals surface area (Å²) in [4.78, 5) is 23.9. The van der Waals surface area contributed by atoms with Crippen molar-refractivity contribution in [3.8, 4) is 0 Å². The zero-order chi connectivity index (χ0) is 18.6. The van der Waals surface area contributed by atoms with E-state index in [1.807, 2.05) is 0 Å². The molecule has 2 rings (SSSR count). The van der Waals surface area contributed by atoms with E-state index in [0.717, 1.165) is 16.4 Å². The summed E-state index contributed by atoms with van der Waals surface area (Å²) < 4.78 is 44.4. The predicted molar refractivity (Wildman–Crippen MR) is 87.6 cm³/mol. The van der Waals surface area contributed by atoms with E-state index < -0.39 is 39.8 Å². The van der Waals surface area contributed by atoms with Crippen molar-refractivity contribution in [2.45, 2.75) is 43.2 Å². The maximum atomic E-state index is 13.1. The second-order valence-electron chi connectivity index (χ2n) is 5.83. The number of rotatable bonds is 5. The standard InChI is InChI=1S/C16H21FN2O5S/c1-11(16(21)24-2)18-15(20)14-5-3-4-10-19(14)25(22,23)13-8-6-12(17)7-9-13/h6-9,11,14H,3-5,10H2,1-2H3,(H,18,20)/t11-,14-/m1/s1. The number of esters is 1. The van der Waals surface area contributed by atoms with Crippen molar-refractivity contribution in [1.82, 2.24) is 9.62 Å². The van der Waals surface area contributed by atoms with Gasteiger partial charge in [-0.15, -0.1) is 0 Å². The van der Waals surface area contributed by atoms with Gasteiger partial charge in [0.25, 0.3) is 0 Å². The molecule has 1 fully saturated rings. The van der Waals surface area contributed by atoms with Gasteiger partial charge in [0, 0.05) is 6.54 Å². The fourth-order valence-electron chi connectivity index (χ4n) is 2.74. The minimum atomic E-state index is -3.94. The Hall–Kier alpha value is -2.00. The number of hydrogen-bond acceptors (Lipinski definition) is 5. The lowest BCUT2D eigenvalue weighted by atomic mass is 10.0. The van der Waals surface area contributed by atoms with Crippen LogP contribution in [0.25, 0.3) is 0 Å². The van der Waals surface area contributed by atoms with Crippen molar-refractivity contribution in [2.24, 2.45) is 0 Å². The molecule has 0 aliphatic carbocycles. The number of hydrogen-bond donors (Lipinski definition) is 1. The number of ether oxygens (including phenoxy) is 1. The van der Waals surface area contributed by atoms with Gasteiger partial charge in [-0.05, 0) is 44.0 Å². The fraction of sp³-hybridized carbons (Fsp3) is 0.500. The van der Waals surface area contributed by atoms with Gasteiger partial charge >= 0.3 is 5.97 Å². The Bertz CT molecular complexity index is 735. The number of carbonyl (C=O) groups excluding carboxylic acids is 2. The second kappa shape index (κ2) is 7.92. The van der Waals surface area contributed by atoms with E-state index in [2.05, 4.69) is 10.1 Å². The summed E-state index contributed by atoms with van der Waals surface area (Å²) >= 11 is 0. The third-order valence-electron chi connectivity index (χ3n) is 4.09. The van der Waals surface area contributed by atoms with Crippen molar-refractivity contribution in [1.29, 1.82) is 0 Å². The zero-order valence-corrected chi connectivity index (χ0v) is 14.9. The first-order valence-electron chi connectivity index (χ1n) is 7.93. The Morgan fingerprint density at radius 3 is 2.52 bits per heavy atom.